The minimum atomic E-state index is -0.292. The third kappa shape index (κ3) is 3.03. The molecule has 30 heavy (non-hydrogen) atoms. The van der Waals surface area contributed by atoms with Crippen LogP contribution in [0.4, 0.5) is 0 Å². The number of thiophene rings is 1. The second kappa shape index (κ2) is 7.37. The quantitative estimate of drug-likeness (QED) is 0.586. The number of ketones is 2. The highest BCUT2D eigenvalue weighted by molar-refractivity contribution is 7.17. The molecule has 150 valence electrons. The molecular weight excluding hydrogens is 390 g/mol. The monoisotopic (exact) mass is 413 g/mol. The lowest BCUT2D eigenvalue weighted by molar-refractivity contribution is -0.116. The van der Waals surface area contributed by atoms with E-state index in [0.29, 0.717) is 12.0 Å². The smallest absolute Gasteiger partial charge is 0.162 e. The van der Waals surface area contributed by atoms with Crippen molar-refractivity contribution in [2.45, 2.75) is 38.5 Å². The van der Waals surface area contributed by atoms with Gasteiger partial charge in [-0.1, -0.05) is 48.5 Å². The fraction of sp³-hybridized carbons (Fsp3) is 0.231. The number of fused-ring (bicyclic) bond motifs is 1. The van der Waals surface area contributed by atoms with E-state index in [9.17, 15) is 9.59 Å². The molecule has 0 amide bonds. The van der Waals surface area contributed by atoms with E-state index < -0.39 is 0 Å². The molecule has 1 aromatic heterocycles. The van der Waals surface area contributed by atoms with Gasteiger partial charge in [0.25, 0.3) is 0 Å². The van der Waals surface area contributed by atoms with Gasteiger partial charge in [-0.2, -0.15) is 0 Å². The first-order valence-electron chi connectivity index (χ1n) is 10.3. The Balaban J connectivity index is 1.66. The van der Waals surface area contributed by atoms with Gasteiger partial charge in [-0.25, -0.2) is 0 Å². The van der Waals surface area contributed by atoms with E-state index in [0.717, 1.165) is 34.3 Å². The molecule has 0 bridgehead atoms. The fourth-order valence-electron chi connectivity index (χ4n) is 5.00. The largest absolute Gasteiger partial charge is 0.362 e. The Morgan fingerprint density at radius 3 is 2.53 bits per heavy atom. The second-order valence-corrected chi connectivity index (χ2v) is 9.08. The summed E-state index contributed by atoms with van der Waals surface area (Å²) in [6.07, 6.45) is 1.26. The molecule has 0 radical (unpaired) electrons. The molecule has 1 aliphatic heterocycles. The Bertz CT molecular complexity index is 1230. The van der Waals surface area contributed by atoms with E-state index >= 15 is 0 Å². The number of Topliss-reactive ketones (excluding diaryl/α,β-unsaturated/α-hetero) is 2. The van der Waals surface area contributed by atoms with Gasteiger partial charge in [0.05, 0.1) is 0 Å². The van der Waals surface area contributed by atoms with Crippen molar-refractivity contribution in [2.75, 3.05) is 0 Å². The van der Waals surface area contributed by atoms with Crippen molar-refractivity contribution in [3.05, 3.63) is 93.6 Å². The minimum Gasteiger partial charge on any atom is -0.362 e. The first kappa shape index (κ1) is 19.0. The third-order valence-electron chi connectivity index (χ3n) is 6.30. The molecular formula is C26H23NO2S. The van der Waals surface area contributed by atoms with Crippen molar-refractivity contribution in [1.82, 2.24) is 5.32 Å². The molecule has 2 aliphatic rings. The second-order valence-electron chi connectivity index (χ2n) is 8.17. The molecule has 3 aromatic rings. The van der Waals surface area contributed by atoms with Crippen molar-refractivity contribution in [1.29, 1.82) is 0 Å². The predicted octanol–water partition coefficient (Wildman–Crippen LogP) is 5.85. The number of hydrogen-bond donors (Lipinski definition) is 1. The highest BCUT2D eigenvalue weighted by atomic mass is 32.1. The van der Waals surface area contributed by atoms with E-state index in [2.05, 4.69) is 35.0 Å². The normalized spacial score (nSPS) is 21.6. The summed E-state index contributed by atoms with van der Waals surface area (Å²) < 4.78 is 1.18. The van der Waals surface area contributed by atoms with Gasteiger partial charge in [-0.3, -0.25) is 9.59 Å². The summed E-state index contributed by atoms with van der Waals surface area (Å²) in [4.78, 5) is 26.2. The van der Waals surface area contributed by atoms with E-state index in [4.69, 9.17) is 0 Å². The lowest BCUT2D eigenvalue weighted by Crippen LogP contribution is -2.35. The maximum Gasteiger partial charge on any atom is 0.162 e. The van der Waals surface area contributed by atoms with Crippen LogP contribution < -0.4 is 5.32 Å². The average molecular weight is 414 g/mol. The Kier molecular flexibility index (Phi) is 4.67. The van der Waals surface area contributed by atoms with E-state index in [-0.39, 0.29) is 23.4 Å². The highest BCUT2D eigenvalue weighted by Crippen LogP contribution is 2.48. The first-order chi connectivity index (χ1) is 14.5. The highest BCUT2D eigenvalue weighted by Gasteiger charge is 2.40. The molecule has 0 saturated heterocycles. The van der Waals surface area contributed by atoms with Gasteiger partial charge in [0.15, 0.2) is 11.6 Å². The van der Waals surface area contributed by atoms with Crippen LogP contribution in [-0.4, -0.2) is 11.6 Å². The Hall–Kier alpha value is -2.98. The molecule has 3 nitrogen and oxygen atoms in total. The van der Waals surface area contributed by atoms with Crippen LogP contribution in [0.3, 0.4) is 0 Å². The molecule has 2 heterocycles. The number of carbonyl (C=O) groups is 2. The number of dihydropyridines is 1. The zero-order valence-corrected chi connectivity index (χ0v) is 17.9. The number of hydrogen-bond acceptors (Lipinski definition) is 4. The molecule has 2 unspecified atom stereocenters. The maximum atomic E-state index is 13.5. The van der Waals surface area contributed by atoms with Crippen molar-refractivity contribution in [2.24, 2.45) is 0 Å². The Labute approximate surface area is 180 Å². The van der Waals surface area contributed by atoms with Crippen LogP contribution in [0.1, 0.15) is 49.7 Å². The Morgan fingerprint density at radius 2 is 1.77 bits per heavy atom. The zero-order chi connectivity index (χ0) is 20.8. The molecule has 0 spiro atoms. The summed E-state index contributed by atoms with van der Waals surface area (Å²) in [7, 11) is 0. The number of carbonyl (C=O) groups excluding carboxylic acids is 2. The average Bonchev–Trinajstić information content (AvgIpc) is 3.17. The number of rotatable bonds is 3. The first-order valence-corrected chi connectivity index (χ1v) is 11.2. The van der Waals surface area contributed by atoms with Crippen LogP contribution in [-0.2, 0) is 9.59 Å². The van der Waals surface area contributed by atoms with Crippen LogP contribution in [0.5, 0.6) is 0 Å². The molecule has 1 aliphatic carbocycles. The van der Waals surface area contributed by atoms with Crippen LogP contribution >= 0.6 is 11.3 Å². The molecule has 5 rings (SSSR count). The van der Waals surface area contributed by atoms with E-state index in [1.54, 1.807) is 18.3 Å². The van der Waals surface area contributed by atoms with Crippen molar-refractivity contribution >= 4 is 33.0 Å². The van der Waals surface area contributed by atoms with Crippen LogP contribution in [0.15, 0.2) is 82.5 Å². The molecule has 0 saturated carbocycles. The van der Waals surface area contributed by atoms with E-state index in [1.165, 1.54) is 10.3 Å². The summed E-state index contributed by atoms with van der Waals surface area (Å²) in [6.45, 7) is 3.56. The molecule has 1 N–H and O–H groups in total. The Morgan fingerprint density at radius 1 is 1.03 bits per heavy atom. The van der Waals surface area contributed by atoms with Gasteiger partial charge >= 0.3 is 0 Å². The summed E-state index contributed by atoms with van der Waals surface area (Å²) >= 11 is 1.67. The summed E-state index contributed by atoms with van der Waals surface area (Å²) in [5.74, 6) is 0.0320. The van der Waals surface area contributed by atoms with Gasteiger partial charge in [0.2, 0.25) is 0 Å². The predicted molar refractivity (Wildman–Crippen MR) is 122 cm³/mol. The maximum absolute atomic E-state index is 13.5. The standard InChI is InChI=1S/C26H23NO2S/c1-15-24(16(2)28)25(20-14-30-23-11-7-6-10-19(20)23)26-21(27-15)12-18(13-22(26)29)17-8-4-3-5-9-17/h3-11,14,18,25,27H,12-13H2,1-2H3. The van der Waals surface area contributed by atoms with Crippen LogP contribution in [0.2, 0.25) is 0 Å². The number of benzene rings is 2. The summed E-state index contributed by atoms with van der Waals surface area (Å²) in [5.41, 5.74) is 5.59. The van der Waals surface area contributed by atoms with Gasteiger partial charge in [-0.15, -0.1) is 11.3 Å². The van der Waals surface area contributed by atoms with Gasteiger partial charge < -0.3 is 5.32 Å². The van der Waals surface area contributed by atoms with Crippen molar-refractivity contribution in [3.63, 3.8) is 0 Å². The van der Waals surface area contributed by atoms with Crippen LogP contribution in [0.25, 0.3) is 10.1 Å². The van der Waals surface area contributed by atoms with Gasteiger partial charge in [-0.05, 0) is 54.1 Å². The van der Waals surface area contributed by atoms with Gasteiger partial charge in [0, 0.05) is 39.6 Å². The third-order valence-corrected chi connectivity index (χ3v) is 7.28. The lowest BCUT2D eigenvalue weighted by Gasteiger charge is -2.36. The molecule has 2 atom stereocenters. The number of nitrogens with one attached hydrogen (secondary N) is 1. The SMILES string of the molecule is CC(=O)C1=C(C)NC2=C(C(=O)CC(c3ccccc3)C2)C1c1csc2ccccc12. The number of allylic oxidation sites excluding steroid dienone is 4. The van der Waals surface area contributed by atoms with Gasteiger partial charge in [0.1, 0.15) is 0 Å². The van der Waals surface area contributed by atoms with Crippen LogP contribution in [0, 0.1) is 0 Å². The lowest BCUT2D eigenvalue weighted by atomic mass is 9.71. The topological polar surface area (TPSA) is 46.2 Å². The molecule has 0 fully saturated rings. The minimum absolute atomic E-state index is 0.0183. The zero-order valence-electron chi connectivity index (χ0n) is 17.1. The van der Waals surface area contributed by atoms with Crippen molar-refractivity contribution < 1.29 is 9.59 Å². The molecule has 4 heteroatoms. The summed E-state index contributed by atoms with van der Waals surface area (Å²) in [5, 5.41) is 6.69. The van der Waals surface area contributed by atoms with Crippen molar-refractivity contribution in [3.8, 4) is 0 Å². The molecule has 2 aromatic carbocycles. The summed E-state index contributed by atoms with van der Waals surface area (Å²) in [6, 6.07) is 18.5. The van der Waals surface area contributed by atoms with E-state index in [1.807, 2.05) is 37.3 Å². The fourth-order valence-corrected chi connectivity index (χ4v) is 5.99.